The normalized spacial score (nSPS) is 9.75. The number of esters is 2. The summed E-state index contributed by atoms with van der Waals surface area (Å²) in [7, 11) is 0. The van der Waals surface area contributed by atoms with Gasteiger partial charge in [0.05, 0.1) is 11.5 Å². The minimum Gasteiger partial charge on any atom is -0.447 e. The first-order chi connectivity index (χ1) is 24.8. The minimum atomic E-state index is -0.247. The Morgan fingerprint density at radius 1 is 0.596 bits per heavy atom. The van der Waals surface area contributed by atoms with E-state index in [4.69, 9.17) is 9.47 Å². The average Bonchev–Trinajstić information content (AvgIpc) is 3.19. The van der Waals surface area contributed by atoms with E-state index in [1.165, 1.54) is 0 Å². The molecule has 3 aromatic heterocycles. The van der Waals surface area contributed by atoms with Gasteiger partial charge < -0.3 is 24.4 Å². The van der Waals surface area contributed by atoms with Crippen LogP contribution >= 0.6 is 0 Å². The van der Waals surface area contributed by atoms with E-state index in [-0.39, 0.29) is 37.8 Å². The molecule has 0 N–H and O–H groups in total. The van der Waals surface area contributed by atoms with Crippen molar-refractivity contribution in [2.24, 2.45) is 0 Å². The molecule has 0 saturated heterocycles. The summed E-state index contributed by atoms with van der Waals surface area (Å²) >= 11 is 0. The fourth-order valence-corrected chi connectivity index (χ4v) is 4.29. The molecular weight excluding hydrogens is 831 g/mol. The Balaban J connectivity index is 0.000000208. The number of ether oxygens (including phenoxy) is 2. The number of nitrogens with zero attached hydrogens (tertiary/aromatic N) is 3. The Morgan fingerprint density at radius 2 is 0.981 bits per heavy atom. The van der Waals surface area contributed by atoms with E-state index in [0.717, 1.165) is 33.8 Å². The first-order valence-electron chi connectivity index (χ1n) is 16.2. The molecule has 8 nitrogen and oxygen atoms in total. The molecule has 0 amide bonds. The zero-order valence-corrected chi connectivity index (χ0v) is 31.4. The van der Waals surface area contributed by atoms with Crippen LogP contribution in [0.1, 0.15) is 44.0 Å². The van der Waals surface area contributed by atoms with Gasteiger partial charge in [0.15, 0.2) is 5.78 Å². The number of carbonyl (C=O) groups excluding carboxylic acids is 3. The first kappa shape index (κ1) is 40.5. The molecule has 6 rings (SSSR count). The van der Waals surface area contributed by atoms with Crippen LogP contribution in [0.3, 0.4) is 0 Å². The zero-order chi connectivity index (χ0) is 36.4. The van der Waals surface area contributed by atoms with Gasteiger partial charge in [-0.15, -0.1) is 89.5 Å². The number of benzene rings is 3. The maximum absolute atomic E-state index is 11.8. The van der Waals surface area contributed by atoms with Gasteiger partial charge in [0.2, 0.25) is 0 Å². The van der Waals surface area contributed by atoms with Crippen molar-refractivity contribution in [1.29, 1.82) is 0 Å². The SMILES string of the molecule is C=C(C)C(=O)c1cc[c-]c(-c2ccccn2)c1.CCC(=O)Oc1cc[c-]c(-c2ccccn2)c1.CCC(=O)Oc1cc[c-]c(-c2ccccn2)c1.[Ir+3]. The quantitative estimate of drug-likeness (QED) is 0.0466. The maximum Gasteiger partial charge on any atom is 3.00 e. The molecule has 0 aliphatic heterocycles. The number of hydrogen-bond donors (Lipinski definition) is 0. The van der Waals surface area contributed by atoms with Crippen LogP contribution in [0.15, 0.2) is 140 Å². The van der Waals surface area contributed by atoms with Crippen LogP contribution in [0, 0.1) is 18.2 Å². The van der Waals surface area contributed by atoms with Crippen molar-refractivity contribution < 1.29 is 44.0 Å². The van der Waals surface area contributed by atoms with Gasteiger partial charge in [-0.2, -0.15) is 0 Å². The van der Waals surface area contributed by atoms with E-state index >= 15 is 0 Å². The van der Waals surface area contributed by atoms with E-state index in [1.807, 2.05) is 54.6 Å². The summed E-state index contributed by atoms with van der Waals surface area (Å²) < 4.78 is 10.3. The van der Waals surface area contributed by atoms with Crippen LogP contribution in [-0.2, 0) is 29.7 Å². The predicted molar refractivity (Wildman–Crippen MR) is 197 cm³/mol. The summed E-state index contributed by atoms with van der Waals surface area (Å²) in [6.45, 7) is 8.89. The van der Waals surface area contributed by atoms with Crippen molar-refractivity contribution >= 4 is 17.7 Å². The minimum absolute atomic E-state index is 0. The molecule has 3 aromatic carbocycles. The molecule has 0 fully saturated rings. The summed E-state index contributed by atoms with van der Waals surface area (Å²) in [6.07, 6.45) is 5.87. The number of carbonyl (C=O) groups is 3. The van der Waals surface area contributed by atoms with Crippen molar-refractivity contribution in [1.82, 2.24) is 15.0 Å². The second-order valence-electron chi connectivity index (χ2n) is 10.8. The predicted octanol–water partition coefficient (Wildman–Crippen LogP) is 9.03. The van der Waals surface area contributed by atoms with E-state index in [1.54, 1.807) is 94.0 Å². The second-order valence-corrected chi connectivity index (χ2v) is 10.8. The van der Waals surface area contributed by atoms with E-state index < -0.39 is 0 Å². The number of allylic oxidation sites excluding steroid dienone is 1. The molecule has 0 unspecified atom stereocenters. The van der Waals surface area contributed by atoms with Gasteiger partial charge in [-0.05, 0) is 47.8 Å². The fraction of sp³-hybridized carbons (Fsp3) is 0.116. The van der Waals surface area contributed by atoms with E-state index in [2.05, 4.69) is 39.7 Å². The van der Waals surface area contributed by atoms with Crippen LogP contribution in [-0.4, -0.2) is 32.7 Å². The van der Waals surface area contributed by atoms with Crippen molar-refractivity contribution in [2.45, 2.75) is 33.6 Å². The van der Waals surface area contributed by atoms with Gasteiger partial charge in [0.1, 0.15) is 0 Å². The smallest absolute Gasteiger partial charge is 0.447 e. The number of aromatic nitrogens is 3. The first-order valence-corrected chi connectivity index (χ1v) is 16.2. The number of pyridine rings is 3. The molecule has 0 aliphatic rings. The molecule has 0 aliphatic carbocycles. The third kappa shape index (κ3) is 12.8. The second kappa shape index (κ2) is 21.4. The van der Waals surface area contributed by atoms with Gasteiger partial charge in [-0.25, -0.2) is 0 Å². The molecule has 0 radical (unpaired) electrons. The van der Waals surface area contributed by atoms with Gasteiger partial charge in [-0.1, -0.05) is 62.4 Å². The van der Waals surface area contributed by atoms with E-state index in [0.29, 0.717) is 35.5 Å². The Bertz CT molecular complexity index is 1960. The zero-order valence-electron chi connectivity index (χ0n) is 29.0. The third-order valence-electron chi connectivity index (χ3n) is 6.86. The molecule has 0 bridgehead atoms. The summed E-state index contributed by atoms with van der Waals surface area (Å²) in [5.74, 6) is 0.509. The average molecular weight is 867 g/mol. The summed E-state index contributed by atoms with van der Waals surface area (Å²) in [4.78, 5) is 46.8. The molecule has 52 heavy (non-hydrogen) atoms. The van der Waals surface area contributed by atoms with Gasteiger partial charge in [0, 0.05) is 31.4 Å². The largest absolute Gasteiger partial charge is 3.00 e. The molecule has 0 atom stereocenters. The molecule has 262 valence electrons. The van der Waals surface area contributed by atoms with Crippen molar-refractivity contribution in [3.8, 4) is 45.3 Å². The Hall–Kier alpha value is -5.89. The van der Waals surface area contributed by atoms with Gasteiger partial charge in [0.25, 0.3) is 0 Å². The van der Waals surface area contributed by atoms with Crippen LogP contribution < -0.4 is 9.47 Å². The molecule has 0 saturated carbocycles. The molecule has 9 heteroatoms. The number of rotatable bonds is 9. The van der Waals surface area contributed by atoms with E-state index in [9.17, 15) is 14.4 Å². The van der Waals surface area contributed by atoms with Crippen molar-refractivity contribution in [3.05, 3.63) is 164 Å². The molecule has 0 spiro atoms. The fourth-order valence-electron chi connectivity index (χ4n) is 4.29. The van der Waals surface area contributed by atoms with Crippen LogP contribution in [0.4, 0.5) is 0 Å². The Morgan fingerprint density at radius 3 is 1.33 bits per heavy atom. The Labute approximate surface area is 318 Å². The van der Waals surface area contributed by atoms with Crippen molar-refractivity contribution in [3.63, 3.8) is 0 Å². The van der Waals surface area contributed by atoms with Crippen molar-refractivity contribution in [2.75, 3.05) is 0 Å². The van der Waals surface area contributed by atoms with Crippen LogP contribution in [0.2, 0.25) is 0 Å². The number of Topliss-reactive ketones (excluding diaryl/α,β-unsaturated/α-hetero) is 1. The maximum atomic E-state index is 11.8. The summed E-state index contributed by atoms with van der Waals surface area (Å²) in [5, 5.41) is 0. The third-order valence-corrected chi connectivity index (χ3v) is 6.86. The van der Waals surface area contributed by atoms with Crippen LogP contribution in [0.5, 0.6) is 11.5 Å². The monoisotopic (exact) mass is 867 g/mol. The Kier molecular flexibility index (Phi) is 16.6. The van der Waals surface area contributed by atoms with Gasteiger partial charge >= 0.3 is 32.0 Å². The number of ketones is 1. The molecule has 6 aromatic rings. The standard InChI is InChI=1S/C15H12NO.2C14H12NO2.Ir/c1-11(2)15(17)13-7-5-6-12(10-13)14-8-3-4-9-16-14;2*1-2-14(16)17-12-7-5-6-11(10-12)13-8-3-4-9-15-13;/h3-5,7-10H,1H2,2H3;2*3-5,7-10H,2H2,1H3;/q3*-1;+3. The summed E-state index contributed by atoms with van der Waals surface area (Å²) in [6, 6.07) is 41.8. The topological polar surface area (TPSA) is 108 Å². The number of hydrogen-bond acceptors (Lipinski definition) is 8. The molecule has 3 heterocycles. The van der Waals surface area contributed by atoms with Crippen LogP contribution in [0.25, 0.3) is 33.8 Å². The summed E-state index contributed by atoms with van der Waals surface area (Å²) in [5.41, 5.74) is 6.02. The van der Waals surface area contributed by atoms with Gasteiger partial charge in [-0.3, -0.25) is 14.4 Å². The molecular formula is C43H36IrN3O5.